The van der Waals surface area contributed by atoms with Crippen molar-refractivity contribution in [3.63, 3.8) is 0 Å². The molecule has 0 saturated heterocycles. The number of nitrogens with zero attached hydrogens (tertiary/aromatic N) is 1. The van der Waals surface area contributed by atoms with E-state index < -0.39 is 0 Å². The molecule has 0 spiro atoms. The minimum atomic E-state index is 0.0364. The van der Waals surface area contributed by atoms with Gasteiger partial charge < -0.3 is 15.3 Å². The van der Waals surface area contributed by atoms with E-state index in [1.54, 1.807) is 0 Å². The Morgan fingerprint density at radius 3 is 2.95 bits per heavy atom. The maximum absolute atomic E-state index is 12.5. The molecule has 0 unspecified atom stereocenters. The third-order valence-corrected chi connectivity index (χ3v) is 3.93. The Morgan fingerprint density at radius 2 is 2.21 bits per heavy atom. The molecule has 1 heterocycles. The first-order valence-corrected chi connectivity index (χ1v) is 7.04. The first kappa shape index (κ1) is 12.6. The van der Waals surface area contributed by atoms with Gasteiger partial charge in [-0.15, -0.1) is 0 Å². The molecule has 1 fully saturated rings. The van der Waals surface area contributed by atoms with E-state index in [2.05, 4.69) is 11.4 Å². The normalized spacial score (nSPS) is 17.9. The van der Waals surface area contributed by atoms with Gasteiger partial charge in [0.25, 0.3) is 5.91 Å². The van der Waals surface area contributed by atoms with Crippen molar-refractivity contribution in [1.82, 2.24) is 10.2 Å². The molecule has 0 bridgehead atoms. The van der Waals surface area contributed by atoms with Crippen LogP contribution in [-0.2, 0) is 13.0 Å². The Bertz CT molecular complexity index is 483. The number of amides is 1. The second kappa shape index (κ2) is 5.31. The summed E-state index contributed by atoms with van der Waals surface area (Å²) < 4.78 is 0. The highest BCUT2D eigenvalue weighted by molar-refractivity contribution is 5.95. The minimum absolute atomic E-state index is 0.0364. The largest absolute Gasteiger partial charge is 0.395 e. The zero-order valence-electron chi connectivity index (χ0n) is 11.1. The zero-order valence-corrected chi connectivity index (χ0v) is 11.1. The highest BCUT2D eigenvalue weighted by atomic mass is 16.3. The van der Waals surface area contributed by atoms with Crippen LogP contribution in [0, 0.1) is 0 Å². The van der Waals surface area contributed by atoms with E-state index in [9.17, 15) is 4.79 Å². The summed E-state index contributed by atoms with van der Waals surface area (Å²) in [5.74, 6) is 0.0601. The molecular formula is C15H20N2O2. The molecule has 2 aliphatic rings. The van der Waals surface area contributed by atoms with Crippen LogP contribution in [0.5, 0.6) is 0 Å². The Hall–Kier alpha value is -1.39. The summed E-state index contributed by atoms with van der Waals surface area (Å²) in [6.07, 6.45) is 3.17. The summed E-state index contributed by atoms with van der Waals surface area (Å²) in [6.45, 7) is 2.34. The molecule has 3 rings (SSSR count). The molecule has 1 aromatic rings. The third-order valence-electron chi connectivity index (χ3n) is 3.93. The molecule has 1 aromatic carbocycles. The second-order valence-electron chi connectivity index (χ2n) is 5.36. The van der Waals surface area contributed by atoms with Crippen molar-refractivity contribution in [3.8, 4) is 0 Å². The van der Waals surface area contributed by atoms with Crippen LogP contribution in [-0.4, -0.2) is 41.7 Å². The van der Waals surface area contributed by atoms with Crippen molar-refractivity contribution in [2.24, 2.45) is 0 Å². The molecular weight excluding hydrogens is 240 g/mol. The molecule has 1 saturated carbocycles. The standard InChI is InChI=1S/C15H20N2O2/c18-8-7-17(14-3-4-14)15(19)12-2-1-11-5-6-16-10-13(11)9-12/h1-2,9,14,16,18H,3-8,10H2. The number of aliphatic hydroxyl groups excluding tert-OH is 1. The first-order valence-electron chi connectivity index (χ1n) is 7.04. The van der Waals surface area contributed by atoms with Gasteiger partial charge in [-0.3, -0.25) is 4.79 Å². The molecule has 0 radical (unpaired) electrons. The zero-order chi connectivity index (χ0) is 13.2. The lowest BCUT2D eigenvalue weighted by Crippen LogP contribution is -2.35. The lowest BCUT2D eigenvalue weighted by molar-refractivity contribution is 0.0707. The fourth-order valence-electron chi connectivity index (χ4n) is 2.72. The smallest absolute Gasteiger partial charge is 0.254 e. The number of nitrogens with one attached hydrogen (secondary N) is 1. The maximum atomic E-state index is 12.5. The predicted octanol–water partition coefficient (Wildman–Crippen LogP) is 0.929. The topological polar surface area (TPSA) is 52.6 Å². The van der Waals surface area contributed by atoms with Crippen molar-refractivity contribution in [2.45, 2.75) is 31.8 Å². The number of rotatable bonds is 4. The van der Waals surface area contributed by atoms with E-state index in [-0.39, 0.29) is 12.5 Å². The minimum Gasteiger partial charge on any atom is -0.395 e. The van der Waals surface area contributed by atoms with E-state index in [1.807, 2.05) is 17.0 Å². The molecule has 0 atom stereocenters. The van der Waals surface area contributed by atoms with Gasteiger partial charge in [0.1, 0.15) is 0 Å². The van der Waals surface area contributed by atoms with Gasteiger partial charge in [-0.25, -0.2) is 0 Å². The fourth-order valence-corrected chi connectivity index (χ4v) is 2.72. The lowest BCUT2D eigenvalue weighted by atomic mass is 9.98. The van der Waals surface area contributed by atoms with E-state index >= 15 is 0 Å². The highest BCUT2D eigenvalue weighted by Gasteiger charge is 2.32. The number of aliphatic hydroxyl groups is 1. The van der Waals surface area contributed by atoms with Gasteiger partial charge in [-0.2, -0.15) is 0 Å². The van der Waals surface area contributed by atoms with Gasteiger partial charge in [-0.1, -0.05) is 6.07 Å². The Balaban J connectivity index is 1.82. The Morgan fingerprint density at radius 1 is 1.37 bits per heavy atom. The van der Waals surface area contributed by atoms with Crippen molar-refractivity contribution in [3.05, 3.63) is 34.9 Å². The molecule has 0 aromatic heterocycles. The molecule has 102 valence electrons. The number of benzene rings is 1. The molecule has 2 N–H and O–H groups in total. The van der Waals surface area contributed by atoms with E-state index in [0.29, 0.717) is 12.6 Å². The molecule has 4 heteroatoms. The van der Waals surface area contributed by atoms with Crippen LogP contribution in [0.2, 0.25) is 0 Å². The fraction of sp³-hybridized carbons (Fsp3) is 0.533. The Labute approximate surface area is 113 Å². The van der Waals surface area contributed by atoms with Crippen molar-refractivity contribution in [1.29, 1.82) is 0 Å². The quantitative estimate of drug-likeness (QED) is 0.847. The van der Waals surface area contributed by atoms with Crippen LogP contribution in [0.15, 0.2) is 18.2 Å². The number of hydrogen-bond acceptors (Lipinski definition) is 3. The van der Waals surface area contributed by atoms with Gasteiger partial charge in [0.15, 0.2) is 0 Å². The summed E-state index contributed by atoms with van der Waals surface area (Å²) in [7, 11) is 0. The average molecular weight is 260 g/mol. The summed E-state index contributed by atoms with van der Waals surface area (Å²) >= 11 is 0. The van der Waals surface area contributed by atoms with Crippen LogP contribution < -0.4 is 5.32 Å². The Kier molecular flexibility index (Phi) is 3.53. The van der Waals surface area contributed by atoms with Gasteiger partial charge in [-0.05, 0) is 49.1 Å². The number of hydrogen-bond donors (Lipinski definition) is 2. The summed E-state index contributed by atoms with van der Waals surface area (Å²) in [6, 6.07) is 6.36. The lowest BCUT2D eigenvalue weighted by Gasteiger charge is -2.23. The third kappa shape index (κ3) is 2.65. The number of carbonyl (C=O) groups excluding carboxylic acids is 1. The molecule has 1 aliphatic carbocycles. The van der Waals surface area contributed by atoms with Crippen molar-refractivity contribution >= 4 is 5.91 Å². The van der Waals surface area contributed by atoms with Crippen molar-refractivity contribution in [2.75, 3.05) is 19.7 Å². The maximum Gasteiger partial charge on any atom is 0.254 e. The monoisotopic (exact) mass is 260 g/mol. The summed E-state index contributed by atoms with van der Waals surface area (Å²) in [5.41, 5.74) is 3.33. The molecule has 19 heavy (non-hydrogen) atoms. The average Bonchev–Trinajstić information content (AvgIpc) is 3.28. The van der Waals surface area contributed by atoms with E-state index in [1.165, 1.54) is 11.1 Å². The predicted molar refractivity (Wildman–Crippen MR) is 73.0 cm³/mol. The van der Waals surface area contributed by atoms with Crippen LogP contribution in [0.25, 0.3) is 0 Å². The number of carbonyl (C=O) groups is 1. The molecule has 1 amide bonds. The molecule has 4 nitrogen and oxygen atoms in total. The summed E-state index contributed by atoms with van der Waals surface area (Å²) in [4.78, 5) is 14.3. The van der Waals surface area contributed by atoms with Crippen LogP contribution in [0.1, 0.15) is 34.3 Å². The van der Waals surface area contributed by atoms with Crippen LogP contribution in [0.3, 0.4) is 0 Å². The first-order chi connectivity index (χ1) is 9.29. The van der Waals surface area contributed by atoms with Crippen LogP contribution in [0.4, 0.5) is 0 Å². The molecule has 1 aliphatic heterocycles. The summed E-state index contributed by atoms with van der Waals surface area (Å²) in [5, 5.41) is 12.4. The van der Waals surface area contributed by atoms with E-state index in [4.69, 9.17) is 5.11 Å². The highest BCUT2D eigenvalue weighted by Crippen LogP contribution is 2.28. The SMILES string of the molecule is O=C(c1ccc2c(c1)CNCC2)N(CCO)C1CC1. The van der Waals surface area contributed by atoms with Gasteiger partial charge in [0, 0.05) is 24.7 Å². The van der Waals surface area contributed by atoms with Gasteiger partial charge >= 0.3 is 0 Å². The number of fused-ring (bicyclic) bond motifs is 1. The van der Waals surface area contributed by atoms with Crippen LogP contribution >= 0.6 is 0 Å². The van der Waals surface area contributed by atoms with E-state index in [0.717, 1.165) is 37.9 Å². The van der Waals surface area contributed by atoms with Crippen molar-refractivity contribution < 1.29 is 9.90 Å². The van der Waals surface area contributed by atoms with Gasteiger partial charge in [0.2, 0.25) is 0 Å². The van der Waals surface area contributed by atoms with Gasteiger partial charge in [0.05, 0.1) is 6.61 Å². The second-order valence-corrected chi connectivity index (χ2v) is 5.36.